The number of carbonyl (C=O) groups is 1. The Morgan fingerprint density at radius 2 is 2.00 bits per heavy atom. The number of urea groups is 1. The van der Waals surface area contributed by atoms with Crippen LogP contribution in [0.15, 0.2) is 36.4 Å². The Balaban J connectivity index is 1.82. The Labute approximate surface area is 151 Å². The lowest BCUT2D eigenvalue weighted by atomic mass is 10.1. The van der Waals surface area contributed by atoms with Crippen molar-refractivity contribution in [2.45, 2.75) is 25.7 Å². The SMILES string of the molecule is CC(NC(=O)Nc1cc2[nH]nc(C(F)(F)F)c2c(CO)n1)c1ccccc1. The summed E-state index contributed by atoms with van der Waals surface area (Å²) < 4.78 is 39.0. The number of hydrogen-bond donors (Lipinski definition) is 4. The summed E-state index contributed by atoms with van der Waals surface area (Å²) in [5.74, 6) is -0.0123. The number of aliphatic hydroxyl groups excluding tert-OH is 1. The van der Waals surface area contributed by atoms with Gasteiger partial charge in [0.25, 0.3) is 0 Å². The first kappa shape index (κ1) is 18.6. The molecule has 1 atom stereocenters. The van der Waals surface area contributed by atoms with Gasteiger partial charge in [0.15, 0.2) is 5.69 Å². The highest BCUT2D eigenvalue weighted by Gasteiger charge is 2.37. The summed E-state index contributed by atoms with van der Waals surface area (Å²) in [4.78, 5) is 16.1. The monoisotopic (exact) mass is 379 g/mol. The number of fused-ring (bicyclic) bond motifs is 1. The third-order valence-electron chi connectivity index (χ3n) is 3.93. The van der Waals surface area contributed by atoms with Gasteiger partial charge < -0.3 is 10.4 Å². The van der Waals surface area contributed by atoms with Gasteiger partial charge in [-0.1, -0.05) is 30.3 Å². The number of carbonyl (C=O) groups excluding carboxylic acids is 1. The number of benzene rings is 1. The molecular formula is C17H16F3N5O2. The zero-order valence-corrected chi connectivity index (χ0v) is 14.1. The second-order valence-corrected chi connectivity index (χ2v) is 5.84. The van der Waals surface area contributed by atoms with Crippen LogP contribution in [0, 0.1) is 0 Å². The molecule has 0 aliphatic heterocycles. The fourth-order valence-electron chi connectivity index (χ4n) is 2.68. The molecule has 0 fully saturated rings. The van der Waals surface area contributed by atoms with Crippen molar-refractivity contribution in [3.05, 3.63) is 53.3 Å². The molecule has 27 heavy (non-hydrogen) atoms. The van der Waals surface area contributed by atoms with E-state index in [0.29, 0.717) is 0 Å². The molecular weight excluding hydrogens is 363 g/mol. The van der Waals surface area contributed by atoms with Crippen LogP contribution in [0.25, 0.3) is 10.9 Å². The molecule has 0 spiro atoms. The molecule has 1 aromatic carbocycles. The third-order valence-corrected chi connectivity index (χ3v) is 3.93. The van der Waals surface area contributed by atoms with Crippen LogP contribution in [0.2, 0.25) is 0 Å². The fourth-order valence-corrected chi connectivity index (χ4v) is 2.68. The molecule has 2 amide bonds. The Morgan fingerprint density at radius 3 is 2.63 bits per heavy atom. The van der Waals surface area contributed by atoms with E-state index in [1.807, 2.05) is 30.3 Å². The third kappa shape index (κ3) is 4.00. The lowest BCUT2D eigenvalue weighted by Crippen LogP contribution is -2.31. The predicted molar refractivity (Wildman–Crippen MR) is 91.8 cm³/mol. The van der Waals surface area contributed by atoms with Crippen molar-refractivity contribution < 1.29 is 23.1 Å². The van der Waals surface area contributed by atoms with Gasteiger partial charge >= 0.3 is 12.2 Å². The molecule has 1 unspecified atom stereocenters. The van der Waals surface area contributed by atoms with Crippen LogP contribution in [0.3, 0.4) is 0 Å². The topological polar surface area (TPSA) is 103 Å². The standard InChI is InChI=1S/C17H16F3N5O2/c1-9(10-5-3-2-4-6-10)21-16(27)23-13-7-11-14(12(8-26)22-13)15(25-24-11)17(18,19)20/h2-7,9,26H,8H2,1H3,(H,24,25)(H2,21,22,23,27). The number of rotatable bonds is 4. The summed E-state index contributed by atoms with van der Waals surface area (Å²) >= 11 is 0. The average molecular weight is 379 g/mol. The molecule has 142 valence electrons. The zero-order chi connectivity index (χ0) is 19.6. The van der Waals surface area contributed by atoms with E-state index in [2.05, 4.69) is 25.8 Å². The van der Waals surface area contributed by atoms with E-state index in [9.17, 15) is 23.1 Å². The molecule has 0 saturated heterocycles. The molecule has 3 aromatic rings. The molecule has 0 saturated carbocycles. The summed E-state index contributed by atoms with van der Waals surface area (Å²) in [6.45, 7) is 1.05. The van der Waals surface area contributed by atoms with Crippen molar-refractivity contribution >= 4 is 22.8 Å². The summed E-state index contributed by atoms with van der Waals surface area (Å²) in [7, 11) is 0. The molecule has 2 aromatic heterocycles. The lowest BCUT2D eigenvalue weighted by Gasteiger charge is -2.15. The maximum absolute atomic E-state index is 13.0. The number of aliphatic hydroxyl groups is 1. The number of alkyl halides is 3. The van der Waals surface area contributed by atoms with Gasteiger partial charge in [-0.2, -0.15) is 18.3 Å². The van der Waals surface area contributed by atoms with Crippen LogP contribution in [-0.2, 0) is 12.8 Å². The highest BCUT2D eigenvalue weighted by atomic mass is 19.4. The van der Waals surface area contributed by atoms with Gasteiger partial charge in [-0.05, 0) is 12.5 Å². The normalized spacial score (nSPS) is 12.8. The van der Waals surface area contributed by atoms with Gasteiger partial charge in [-0.3, -0.25) is 10.4 Å². The predicted octanol–water partition coefficient (Wildman–Crippen LogP) is 3.35. The Hall–Kier alpha value is -3.14. The first-order valence-electron chi connectivity index (χ1n) is 7.98. The van der Waals surface area contributed by atoms with Gasteiger partial charge in [0.2, 0.25) is 0 Å². The minimum Gasteiger partial charge on any atom is -0.390 e. The van der Waals surface area contributed by atoms with Crippen LogP contribution in [0.1, 0.15) is 29.9 Å². The zero-order valence-electron chi connectivity index (χ0n) is 14.1. The Kier molecular flexibility index (Phi) is 5.00. The van der Waals surface area contributed by atoms with E-state index < -0.39 is 24.5 Å². The molecule has 10 heteroatoms. The van der Waals surface area contributed by atoms with Crippen LogP contribution in [0.4, 0.5) is 23.8 Å². The van der Waals surface area contributed by atoms with Crippen molar-refractivity contribution in [3.8, 4) is 0 Å². The molecule has 7 nitrogen and oxygen atoms in total. The molecule has 0 aliphatic rings. The molecule has 0 aliphatic carbocycles. The molecule has 4 N–H and O–H groups in total. The minimum absolute atomic E-state index is 0.00721. The van der Waals surface area contributed by atoms with E-state index in [0.717, 1.165) is 5.56 Å². The van der Waals surface area contributed by atoms with E-state index >= 15 is 0 Å². The van der Waals surface area contributed by atoms with Crippen molar-refractivity contribution in [3.63, 3.8) is 0 Å². The van der Waals surface area contributed by atoms with E-state index in [1.165, 1.54) is 6.07 Å². The highest BCUT2D eigenvalue weighted by molar-refractivity contribution is 5.92. The van der Waals surface area contributed by atoms with Crippen molar-refractivity contribution in [2.24, 2.45) is 0 Å². The van der Waals surface area contributed by atoms with Crippen LogP contribution >= 0.6 is 0 Å². The number of H-pyrrole nitrogens is 1. The second-order valence-electron chi connectivity index (χ2n) is 5.84. The first-order valence-corrected chi connectivity index (χ1v) is 7.98. The van der Waals surface area contributed by atoms with Crippen molar-refractivity contribution in [2.75, 3.05) is 5.32 Å². The number of aromatic amines is 1. The molecule has 0 radical (unpaired) electrons. The lowest BCUT2D eigenvalue weighted by molar-refractivity contribution is -0.140. The number of aromatic nitrogens is 3. The summed E-state index contributed by atoms with van der Waals surface area (Å²) in [6, 6.07) is 9.57. The number of halogens is 3. The number of anilines is 1. The van der Waals surface area contributed by atoms with Gasteiger partial charge in [0.05, 0.1) is 29.2 Å². The van der Waals surface area contributed by atoms with E-state index in [4.69, 9.17) is 0 Å². The summed E-state index contributed by atoms with van der Waals surface area (Å²) in [5, 5.41) is 19.7. The van der Waals surface area contributed by atoms with Crippen LogP contribution in [0.5, 0.6) is 0 Å². The maximum atomic E-state index is 13.0. The largest absolute Gasteiger partial charge is 0.435 e. The van der Waals surface area contributed by atoms with Gasteiger partial charge in [0, 0.05) is 6.07 Å². The van der Waals surface area contributed by atoms with Crippen molar-refractivity contribution in [1.29, 1.82) is 0 Å². The highest BCUT2D eigenvalue weighted by Crippen LogP contribution is 2.35. The number of amides is 2. The van der Waals surface area contributed by atoms with Crippen LogP contribution < -0.4 is 10.6 Å². The second kappa shape index (κ2) is 7.23. The summed E-state index contributed by atoms with van der Waals surface area (Å²) in [5.41, 5.74) is -0.508. The first-order chi connectivity index (χ1) is 12.8. The quantitative estimate of drug-likeness (QED) is 0.558. The number of nitrogens with one attached hydrogen (secondary N) is 3. The minimum atomic E-state index is -4.69. The van der Waals surface area contributed by atoms with Crippen molar-refractivity contribution in [1.82, 2.24) is 20.5 Å². The van der Waals surface area contributed by atoms with E-state index in [-0.39, 0.29) is 28.5 Å². The van der Waals surface area contributed by atoms with Gasteiger partial charge in [0.1, 0.15) is 5.82 Å². The molecule has 2 heterocycles. The number of pyridine rings is 1. The Bertz CT molecular complexity index is 956. The Morgan fingerprint density at radius 1 is 1.30 bits per heavy atom. The number of nitrogens with zero attached hydrogens (tertiary/aromatic N) is 2. The van der Waals surface area contributed by atoms with E-state index in [1.54, 1.807) is 6.92 Å². The molecule has 0 bridgehead atoms. The number of hydrogen-bond acceptors (Lipinski definition) is 4. The maximum Gasteiger partial charge on any atom is 0.435 e. The summed E-state index contributed by atoms with van der Waals surface area (Å²) in [6.07, 6.45) is -4.69. The fraction of sp³-hybridized carbons (Fsp3) is 0.235. The average Bonchev–Trinajstić information content (AvgIpc) is 3.06. The van der Waals surface area contributed by atoms with Crippen LogP contribution in [-0.4, -0.2) is 26.3 Å². The van der Waals surface area contributed by atoms with Gasteiger partial charge in [-0.25, -0.2) is 9.78 Å². The molecule has 3 rings (SSSR count). The smallest absolute Gasteiger partial charge is 0.390 e. The van der Waals surface area contributed by atoms with Gasteiger partial charge in [-0.15, -0.1) is 0 Å².